The molecule has 0 amide bonds. The molecule has 1 aliphatic carbocycles. The Morgan fingerprint density at radius 2 is 1.69 bits per heavy atom. The largest absolute Gasteiger partial charge is 0.480 e. The summed E-state index contributed by atoms with van der Waals surface area (Å²) in [4.78, 5) is 23.1. The first-order chi connectivity index (χ1) is 12.6. The zero-order chi connectivity index (χ0) is 18.5. The van der Waals surface area contributed by atoms with Crippen LogP contribution < -0.4 is 5.32 Å². The number of aliphatic carboxylic acids is 1. The highest BCUT2D eigenvalue weighted by atomic mass is 16.5. The molecule has 5 nitrogen and oxygen atoms in total. The van der Waals surface area contributed by atoms with Gasteiger partial charge in [-0.05, 0) is 22.3 Å². The van der Waals surface area contributed by atoms with Crippen LogP contribution in [0.25, 0.3) is 11.1 Å². The van der Waals surface area contributed by atoms with Crippen LogP contribution in [0.15, 0.2) is 48.5 Å². The highest BCUT2D eigenvalue weighted by molar-refractivity contribution is 5.79. The van der Waals surface area contributed by atoms with Gasteiger partial charge in [0.2, 0.25) is 0 Å². The predicted octanol–water partition coefficient (Wildman–Crippen LogP) is 2.41. The third kappa shape index (κ3) is 3.61. The van der Waals surface area contributed by atoms with E-state index in [2.05, 4.69) is 23.4 Å². The summed E-state index contributed by atoms with van der Waals surface area (Å²) in [7, 11) is 0. The number of nitrogens with one attached hydrogen (secondary N) is 1. The van der Waals surface area contributed by atoms with Crippen LogP contribution in [0.4, 0.5) is 0 Å². The Morgan fingerprint density at radius 3 is 2.23 bits per heavy atom. The monoisotopic (exact) mass is 349 g/mol. The fraction of sp³-hybridized carbons (Fsp3) is 0.238. The quantitative estimate of drug-likeness (QED) is 0.593. The average Bonchev–Trinajstić information content (AvgIpc) is 2.97. The van der Waals surface area contributed by atoms with Crippen LogP contribution in [-0.4, -0.2) is 36.2 Å². The van der Waals surface area contributed by atoms with Gasteiger partial charge in [0.25, 0.3) is 0 Å². The Kier molecular flexibility index (Phi) is 5.35. The smallest absolute Gasteiger partial charge is 0.321 e. The van der Waals surface area contributed by atoms with Gasteiger partial charge in [-0.25, -0.2) is 0 Å². The van der Waals surface area contributed by atoms with Crippen molar-refractivity contribution in [3.8, 4) is 23.5 Å². The molecular weight excluding hydrogens is 330 g/mol. The molecule has 1 aliphatic rings. The summed E-state index contributed by atoms with van der Waals surface area (Å²) in [5, 5.41) is 11.6. The number of terminal acetylenes is 1. The summed E-state index contributed by atoms with van der Waals surface area (Å²) in [5.41, 5.74) is 4.57. The molecule has 0 bridgehead atoms. The van der Waals surface area contributed by atoms with E-state index in [1.54, 1.807) is 0 Å². The van der Waals surface area contributed by atoms with E-state index in [0.29, 0.717) is 0 Å². The minimum atomic E-state index is -1.09. The molecule has 0 saturated heterocycles. The lowest BCUT2D eigenvalue weighted by molar-refractivity contribution is -0.143. The van der Waals surface area contributed by atoms with Crippen molar-refractivity contribution < 1.29 is 19.4 Å². The molecule has 0 aliphatic heterocycles. The van der Waals surface area contributed by atoms with Crippen LogP contribution in [0.5, 0.6) is 0 Å². The van der Waals surface area contributed by atoms with Crippen LogP contribution in [0.3, 0.4) is 0 Å². The zero-order valence-corrected chi connectivity index (χ0v) is 14.1. The molecule has 1 atom stereocenters. The first kappa shape index (κ1) is 17.7. The van der Waals surface area contributed by atoms with Gasteiger partial charge in [-0.2, -0.15) is 0 Å². The number of carbonyl (C=O) groups is 2. The molecule has 0 unspecified atom stereocenters. The molecule has 0 heterocycles. The molecular formula is C21H19NO4. The van der Waals surface area contributed by atoms with E-state index in [0.717, 1.165) is 22.3 Å². The second-order valence-corrected chi connectivity index (χ2v) is 6.09. The number of ether oxygens (including phenoxy) is 1. The normalized spacial score (nSPS) is 13.3. The van der Waals surface area contributed by atoms with Crippen molar-refractivity contribution >= 4 is 11.9 Å². The van der Waals surface area contributed by atoms with Crippen LogP contribution in [-0.2, 0) is 14.3 Å². The molecule has 0 aromatic heterocycles. The highest BCUT2D eigenvalue weighted by Crippen LogP contribution is 2.44. The number of fused-ring (bicyclic) bond motifs is 3. The van der Waals surface area contributed by atoms with Gasteiger partial charge in [0.15, 0.2) is 0 Å². The van der Waals surface area contributed by atoms with Crippen molar-refractivity contribution in [2.24, 2.45) is 0 Å². The van der Waals surface area contributed by atoms with E-state index in [1.165, 1.54) is 0 Å². The summed E-state index contributed by atoms with van der Waals surface area (Å²) in [6.07, 6.45) is 5.14. The topological polar surface area (TPSA) is 75.6 Å². The first-order valence-electron chi connectivity index (χ1n) is 8.35. The van der Waals surface area contributed by atoms with Gasteiger partial charge in [0.05, 0.1) is 6.54 Å². The van der Waals surface area contributed by atoms with Crippen LogP contribution in [0.1, 0.15) is 23.5 Å². The summed E-state index contributed by atoms with van der Waals surface area (Å²) in [6, 6.07) is 15.2. The summed E-state index contributed by atoms with van der Waals surface area (Å²) in [5.74, 6) is 0.662. The van der Waals surface area contributed by atoms with Gasteiger partial charge in [-0.1, -0.05) is 48.5 Å². The van der Waals surface area contributed by atoms with Gasteiger partial charge in [-0.3, -0.25) is 14.9 Å². The maximum Gasteiger partial charge on any atom is 0.321 e. The number of carbonyl (C=O) groups excluding carboxylic acids is 1. The summed E-state index contributed by atoms with van der Waals surface area (Å²) in [6.45, 7) is 0.01000. The molecule has 2 N–H and O–H groups in total. The molecule has 0 fully saturated rings. The van der Waals surface area contributed by atoms with Crippen molar-refractivity contribution in [2.45, 2.75) is 18.4 Å². The number of carboxylic acid groups (broad SMARTS) is 1. The molecule has 5 heteroatoms. The lowest BCUT2D eigenvalue weighted by Gasteiger charge is -2.15. The maximum absolute atomic E-state index is 12.0. The Balaban J connectivity index is 1.64. The molecule has 3 rings (SSSR count). The van der Waals surface area contributed by atoms with Gasteiger partial charge >= 0.3 is 11.9 Å². The number of esters is 1. The van der Waals surface area contributed by atoms with Gasteiger partial charge in [0.1, 0.15) is 12.6 Å². The Hall–Kier alpha value is -3.10. The number of hydrogen-bond donors (Lipinski definition) is 2. The second kappa shape index (κ2) is 7.85. The number of rotatable bonds is 7. The third-order valence-electron chi connectivity index (χ3n) is 4.49. The van der Waals surface area contributed by atoms with Gasteiger partial charge in [0, 0.05) is 12.3 Å². The summed E-state index contributed by atoms with van der Waals surface area (Å²) >= 11 is 0. The van der Waals surface area contributed by atoms with Crippen molar-refractivity contribution in [1.82, 2.24) is 5.32 Å². The molecule has 132 valence electrons. The highest BCUT2D eigenvalue weighted by Gasteiger charge is 2.29. The zero-order valence-electron chi connectivity index (χ0n) is 14.1. The summed E-state index contributed by atoms with van der Waals surface area (Å²) < 4.78 is 5.40. The Labute approximate surface area is 152 Å². The lowest BCUT2D eigenvalue weighted by Crippen LogP contribution is -2.40. The van der Waals surface area contributed by atoms with Crippen molar-refractivity contribution in [3.63, 3.8) is 0 Å². The van der Waals surface area contributed by atoms with E-state index >= 15 is 0 Å². The third-order valence-corrected chi connectivity index (χ3v) is 4.49. The number of hydrogen-bond acceptors (Lipinski definition) is 4. The SMILES string of the molecule is C#CC[C@H](NCC(=O)OCC1c2ccccc2-c2ccccc21)C(=O)O. The maximum atomic E-state index is 12.0. The van der Waals surface area contributed by atoms with Gasteiger partial charge < -0.3 is 9.84 Å². The Morgan fingerprint density at radius 1 is 1.12 bits per heavy atom. The second-order valence-electron chi connectivity index (χ2n) is 6.09. The van der Waals surface area contributed by atoms with Gasteiger partial charge in [-0.15, -0.1) is 12.3 Å². The van der Waals surface area contributed by atoms with E-state index in [1.807, 2.05) is 36.4 Å². The lowest BCUT2D eigenvalue weighted by atomic mass is 9.98. The number of benzene rings is 2. The predicted molar refractivity (Wildman–Crippen MR) is 97.6 cm³/mol. The van der Waals surface area contributed by atoms with Crippen LogP contribution >= 0.6 is 0 Å². The van der Waals surface area contributed by atoms with Crippen molar-refractivity contribution in [3.05, 3.63) is 59.7 Å². The molecule has 26 heavy (non-hydrogen) atoms. The van der Waals surface area contributed by atoms with E-state index in [4.69, 9.17) is 16.3 Å². The standard InChI is InChI=1S/C21H19NO4/c1-2-7-19(21(24)25)22-12-20(23)26-13-18-16-10-5-3-8-14(16)15-9-4-6-11-17(15)18/h1,3-6,8-11,18-19,22H,7,12-13H2,(H,24,25)/t19-/m0/s1. The van der Waals surface area contributed by atoms with E-state index < -0.39 is 18.0 Å². The molecule has 2 aromatic rings. The fourth-order valence-corrected chi connectivity index (χ4v) is 3.24. The minimum absolute atomic E-state index is 0.00594. The van der Waals surface area contributed by atoms with Crippen LogP contribution in [0, 0.1) is 12.3 Å². The molecule has 0 saturated carbocycles. The van der Waals surface area contributed by atoms with Crippen molar-refractivity contribution in [1.29, 1.82) is 0 Å². The van der Waals surface area contributed by atoms with E-state index in [9.17, 15) is 9.59 Å². The number of carboxylic acids is 1. The fourth-order valence-electron chi connectivity index (χ4n) is 3.24. The molecule has 0 radical (unpaired) electrons. The average molecular weight is 349 g/mol. The first-order valence-corrected chi connectivity index (χ1v) is 8.35. The van der Waals surface area contributed by atoms with Crippen molar-refractivity contribution in [2.75, 3.05) is 13.2 Å². The molecule has 2 aromatic carbocycles. The molecule has 0 spiro atoms. The van der Waals surface area contributed by atoms with Crippen LogP contribution in [0.2, 0.25) is 0 Å². The van der Waals surface area contributed by atoms with E-state index in [-0.39, 0.29) is 25.5 Å². The Bertz CT molecular complexity index is 823. The minimum Gasteiger partial charge on any atom is -0.480 e.